The zero-order valence-electron chi connectivity index (χ0n) is 19.0. The highest BCUT2D eigenvalue weighted by atomic mass is 32.2. The fourth-order valence-electron chi connectivity index (χ4n) is 7.82. The van der Waals surface area contributed by atoms with E-state index in [4.69, 9.17) is 0 Å². The first-order chi connectivity index (χ1) is 14.3. The Balaban J connectivity index is 1.05. The van der Waals surface area contributed by atoms with Gasteiger partial charge >= 0.3 is 0 Å². The lowest BCUT2D eigenvalue weighted by molar-refractivity contribution is 0.258. The maximum Gasteiger partial charge on any atom is 0.00786 e. The van der Waals surface area contributed by atoms with E-state index in [0.717, 1.165) is 50.6 Å². The first-order valence-corrected chi connectivity index (χ1v) is 15.5. The van der Waals surface area contributed by atoms with Crippen molar-refractivity contribution in [1.82, 2.24) is 0 Å². The Labute approximate surface area is 189 Å². The third-order valence-corrected chi connectivity index (χ3v) is 13.7. The van der Waals surface area contributed by atoms with Crippen LogP contribution in [0.2, 0.25) is 0 Å². The van der Waals surface area contributed by atoms with E-state index in [0.29, 0.717) is 0 Å². The average Bonchev–Trinajstić information content (AvgIpc) is 3.46. The third kappa shape index (κ3) is 5.20. The molecule has 2 heterocycles. The second-order valence-electron chi connectivity index (χ2n) is 11.7. The van der Waals surface area contributed by atoms with Crippen LogP contribution in [0.5, 0.6) is 0 Å². The summed E-state index contributed by atoms with van der Waals surface area (Å²) in [4.78, 5) is 0. The minimum absolute atomic E-state index is 1.01. The van der Waals surface area contributed by atoms with Crippen molar-refractivity contribution < 1.29 is 0 Å². The maximum absolute atomic E-state index is 2.47. The van der Waals surface area contributed by atoms with Crippen LogP contribution in [0.1, 0.15) is 116 Å². The largest absolute Gasteiger partial charge is 0.155 e. The van der Waals surface area contributed by atoms with Crippen LogP contribution in [-0.4, -0.2) is 21.0 Å². The van der Waals surface area contributed by atoms with Crippen LogP contribution in [0.4, 0.5) is 0 Å². The predicted molar refractivity (Wildman–Crippen MR) is 132 cm³/mol. The summed E-state index contributed by atoms with van der Waals surface area (Å²) in [5, 5.41) is 4.15. The highest BCUT2D eigenvalue weighted by molar-refractivity contribution is 8.01. The molecule has 166 valence electrons. The van der Waals surface area contributed by atoms with E-state index in [1.165, 1.54) is 32.1 Å². The molecule has 0 radical (unpaired) electrons. The summed E-state index contributed by atoms with van der Waals surface area (Å²) in [6.07, 6.45) is 26.3. The molecule has 3 aliphatic carbocycles. The predicted octanol–water partition coefficient (Wildman–Crippen LogP) is 8.73. The first kappa shape index (κ1) is 21.5. The Kier molecular flexibility index (Phi) is 7.50. The zero-order chi connectivity index (χ0) is 19.6. The first-order valence-electron chi connectivity index (χ1n) is 13.6. The molecule has 0 aromatic heterocycles. The molecular weight excluding hydrogens is 388 g/mol. The summed E-state index contributed by atoms with van der Waals surface area (Å²) in [6.45, 7) is 2.47. The molecule has 0 aromatic rings. The summed E-state index contributed by atoms with van der Waals surface area (Å²) in [7, 11) is 0. The van der Waals surface area contributed by atoms with E-state index < -0.39 is 0 Å². The quantitative estimate of drug-likeness (QED) is 0.434. The topological polar surface area (TPSA) is 0 Å². The van der Waals surface area contributed by atoms with E-state index in [2.05, 4.69) is 30.4 Å². The van der Waals surface area contributed by atoms with Gasteiger partial charge in [0.15, 0.2) is 0 Å². The van der Waals surface area contributed by atoms with Crippen LogP contribution < -0.4 is 0 Å². The smallest absolute Gasteiger partial charge is 0.00786 e. The van der Waals surface area contributed by atoms with Gasteiger partial charge in [-0.15, -0.1) is 0 Å². The van der Waals surface area contributed by atoms with E-state index in [1.807, 2.05) is 0 Å². The fourth-order valence-corrected chi connectivity index (χ4v) is 11.8. The maximum atomic E-state index is 2.47. The van der Waals surface area contributed by atoms with Gasteiger partial charge in [0, 0.05) is 21.0 Å². The van der Waals surface area contributed by atoms with Gasteiger partial charge in [0.25, 0.3) is 0 Å². The van der Waals surface area contributed by atoms with Crippen molar-refractivity contribution >= 4 is 23.5 Å². The van der Waals surface area contributed by atoms with Gasteiger partial charge in [-0.05, 0) is 107 Å². The summed E-state index contributed by atoms with van der Waals surface area (Å²) in [5.74, 6) is 5.32. The van der Waals surface area contributed by atoms with Crippen LogP contribution in [0.25, 0.3) is 0 Å². The van der Waals surface area contributed by atoms with E-state index in [9.17, 15) is 0 Å². The Morgan fingerprint density at radius 3 is 1.14 bits per heavy atom. The molecule has 5 aliphatic rings. The monoisotopic (exact) mass is 434 g/mol. The Morgan fingerprint density at radius 2 is 0.724 bits per heavy atom. The highest BCUT2D eigenvalue weighted by Crippen LogP contribution is 2.52. The van der Waals surface area contributed by atoms with Gasteiger partial charge in [0.05, 0.1) is 0 Å². The highest BCUT2D eigenvalue weighted by Gasteiger charge is 2.41. The zero-order valence-corrected chi connectivity index (χ0v) is 20.7. The SMILES string of the molecule is CC1CCC(C2CCC(C3CCC(C4CCC(C5CCCCC5)S4)CC3)S2)CC1. The average molecular weight is 435 g/mol. The molecule has 5 rings (SSSR count). The van der Waals surface area contributed by atoms with Crippen LogP contribution >= 0.6 is 23.5 Å². The lowest BCUT2D eigenvalue weighted by Crippen LogP contribution is -2.27. The van der Waals surface area contributed by atoms with Crippen molar-refractivity contribution in [2.24, 2.45) is 29.6 Å². The molecule has 0 N–H and O–H groups in total. The van der Waals surface area contributed by atoms with Crippen molar-refractivity contribution in [3.05, 3.63) is 0 Å². The van der Waals surface area contributed by atoms with Crippen molar-refractivity contribution in [2.75, 3.05) is 0 Å². The minimum atomic E-state index is 1.01. The van der Waals surface area contributed by atoms with Crippen molar-refractivity contribution in [3.63, 3.8) is 0 Å². The van der Waals surface area contributed by atoms with Crippen molar-refractivity contribution in [2.45, 2.75) is 137 Å². The van der Waals surface area contributed by atoms with Gasteiger partial charge in [0.2, 0.25) is 0 Å². The molecule has 2 heteroatoms. The number of thioether (sulfide) groups is 2. The lowest BCUT2D eigenvalue weighted by Gasteiger charge is -2.35. The van der Waals surface area contributed by atoms with E-state index >= 15 is 0 Å². The second-order valence-corrected chi connectivity index (χ2v) is 14.6. The van der Waals surface area contributed by atoms with Crippen LogP contribution in [0.15, 0.2) is 0 Å². The third-order valence-electron chi connectivity index (χ3n) is 9.80. The standard InChI is InChI=1S/C27H46S2/c1-19-7-9-21(10-8-19)25-17-18-27(29-25)23-13-11-22(12-14-23)26-16-15-24(28-26)20-5-3-2-4-6-20/h19-27H,2-18H2,1H3. The van der Waals surface area contributed by atoms with Gasteiger partial charge in [0.1, 0.15) is 0 Å². The van der Waals surface area contributed by atoms with Crippen LogP contribution in [0.3, 0.4) is 0 Å². The van der Waals surface area contributed by atoms with Gasteiger partial charge in [-0.2, -0.15) is 23.5 Å². The normalized spacial score (nSPS) is 47.5. The molecule has 0 amide bonds. The van der Waals surface area contributed by atoms with Crippen LogP contribution in [0, 0.1) is 29.6 Å². The lowest BCUT2D eigenvalue weighted by atomic mass is 9.77. The number of hydrogen-bond donors (Lipinski definition) is 0. The molecule has 0 spiro atoms. The van der Waals surface area contributed by atoms with Gasteiger partial charge in [-0.3, -0.25) is 0 Å². The minimum Gasteiger partial charge on any atom is -0.155 e. The molecule has 3 saturated carbocycles. The second kappa shape index (κ2) is 10.1. The van der Waals surface area contributed by atoms with Gasteiger partial charge in [-0.1, -0.05) is 39.0 Å². The summed E-state index contributed by atoms with van der Waals surface area (Å²) < 4.78 is 0. The molecular formula is C27H46S2. The summed E-state index contributed by atoms with van der Waals surface area (Å²) in [6, 6.07) is 0. The van der Waals surface area contributed by atoms with Gasteiger partial charge < -0.3 is 0 Å². The summed E-state index contributed by atoms with van der Waals surface area (Å²) in [5.41, 5.74) is 0. The molecule has 5 fully saturated rings. The Bertz CT molecular complexity index is 497. The fraction of sp³-hybridized carbons (Fsp3) is 1.00. The number of hydrogen-bond acceptors (Lipinski definition) is 2. The molecule has 0 bridgehead atoms. The summed E-state index contributed by atoms with van der Waals surface area (Å²) >= 11 is 4.94. The molecule has 0 aromatic carbocycles. The molecule has 2 aliphatic heterocycles. The van der Waals surface area contributed by atoms with E-state index in [-0.39, 0.29) is 0 Å². The molecule has 2 saturated heterocycles. The van der Waals surface area contributed by atoms with E-state index in [1.54, 1.807) is 77.0 Å². The van der Waals surface area contributed by atoms with Crippen LogP contribution in [-0.2, 0) is 0 Å². The molecule has 4 unspecified atom stereocenters. The molecule has 4 atom stereocenters. The van der Waals surface area contributed by atoms with Crippen molar-refractivity contribution in [1.29, 1.82) is 0 Å². The Morgan fingerprint density at radius 1 is 0.379 bits per heavy atom. The Hall–Kier alpha value is 0.700. The van der Waals surface area contributed by atoms with Crippen molar-refractivity contribution in [3.8, 4) is 0 Å². The van der Waals surface area contributed by atoms with Gasteiger partial charge in [-0.25, -0.2) is 0 Å². The molecule has 29 heavy (non-hydrogen) atoms. The molecule has 0 nitrogen and oxygen atoms in total. The number of rotatable bonds is 4.